The van der Waals surface area contributed by atoms with Crippen molar-refractivity contribution in [2.75, 3.05) is 6.61 Å². The molecule has 12 heteroatoms. The molecule has 0 bridgehead atoms. The number of carboxylic acids is 1. The Morgan fingerprint density at radius 1 is 1.08 bits per heavy atom. The van der Waals surface area contributed by atoms with Crippen molar-refractivity contribution >= 4 is 17.5 Å². The molecule has 1 aromatic carbocycles. The van der Waals surface area contributed by atoms with Gasteiger partial charge in [-0.3, -0.25) is 0 Å². The normalized spacial score (nSPS) is 36.3. The van der Waals surface area contributed by atoms with E-state index in [1.165, 1.54) is 6.08 Å². The number of fused-ring (bicyclic) bond motifs is 1. The van der Waals surface area contributed by atoms with Crippen molar-refractivity contribution in [1.29, 1.82) is 0 Å². The Labute approximate surface area is 211 Å². The van der Waals surface area contributed by atoms with Crippen LogP contribution in [0.2, 0.25) is 0 Å². The minimum atomic E-state index is -1.68. The molecule has 9 atom stereocenters. The first kappa shape index (κ1) is 26.8. The van der Waals surface area contributed by atoms with Gasteiger partial charge in [-0.2, -0.15) is 0 Å². The van der Waals surface area contributed by atoms with Gasteiger partial charge < -0.3 is 49.6 Å². The van der Waals surface area contributed by atoms with Crippen LogP contribution in [0.3, 0.4) is 0 Å². The molecule has 0 radical (unpaired) electrons. The van der Waals surface area contributed by atoms with Crippen molar-refractivity contribution < 1.29 is 59.2 Å². The fourth-order valence-electron chi connectivity index (χ4n) is 4.77. The summed E-state index contributed by atoms with van der Waals surface area (Å²) in [4.78, 5) is 24.5. The average Bonchev–Trinajstić information content (AvgIpc) is 2.89. The zero-order chi connectivity index (χ0) is 26.9. The first-order valence-corrected chi connectivity index (χ1v) is 11.5. The van der Waals surface area contributed by atoms with E-state index in [-0.39, 0.29) is 17.6 Å². The Balaban J connectivity index is 1.62. The smallest absolute Gasteiger partial charge is 0.371 e. The van der Waals surface area contributed by atoms with Crippen LogP contribution in [0.5, 0.6) is 0 Å². The highest BCUT2D eigenvalue weighted by atomic mass is 16.8. The first-order chi connectivity index (χ1) is 17.7. The number of esters is 1. The number of rotatable bonds is 7. The molecular formula is C25H28O12. The molecule has 0 spiro atoms. The van der Waals surface area contributed by atoms with Crippen LogP contribution >= 0.6 is 0 Å². The molecule has 0 amide bonds. The third kappa shape index (κ3) is 5.12. The van der Waals surface area contributed by atoms with E-state index in [1.54, 1.807) is 30.3 Å². The monoisotopic (exact) mass is 520 g/mol. The first-order valence-electron chi connectivity index (χ1n) is 11.5. The molecule has 2 saturated heterocycles. The largest absolute Gasteiger partial charge is 0.502 e. The van der Waals surface area contributed by atoms with Crippen LogP contribution in [0.4, 0.5) is 0 Å². The topological polar surface area (TPSA) is 192 Å². The number of aliphatic hydroxyl groups is 5. The number of carbonyl (C=O) groups is 2. The maximum Gasteiger partial charge on any atom is 0.371 e. The quantitative estimate of drug-likeness (QED) is 0.121. The molecule has 2 fully saturated rings. The molecule has 3 aliphatic rings. The summed E-state index contributed by atoms with van der Waals surface area (Å²) in [6, 6.07) is 8.15. The van der Waals surface area contributed by atoms with Crippen molar-refractivity contribution in [3.05, 3.63) is 66.1 Å². The van der Waals surface area contributed by atoms with E-state index >= 15 is 0 Å². The zero-order valence-corrected chi connectivity index (χ0v) is 19.5. The predicted molar refractivity (Wildman–Crippen MR) is 123 cm³/mol. The number of aliphatic hydroxyl groups excluding tert-OH is 5. The minimum Gasteiger partial charge on any atom is -0.502 e. The van der Waals surface area contributed by atoms with E-state index in [9.17, 15) is 40.2 Å². The lowest BCUT2D eigenvalue weighted by atomic mass is 9.76. The molecule has 0 unspecified atom stereocenters. The minimum absolute atomic E-state index is 0.0354. The number of hydrogen-bond acceptors (Lipinski definition) is 11. The lowest BCUT2D eigenvalue weighted by molar-refractivity contribution is -0.339. The van der Waals surface area contributed by atoms with Gasteiger partial charge in [0.15, 0.2) is 6.29 Å². The Kier molecular flexibility index (Phi) is 7.97. The molecule has 3 heterocycles. The molecular weight excluding hydrogens is 492 g/mol. The molecule has 6 N–H and O–H groups in total. The summed E-state index contributed by atoms with van der Waals surface area (Å²) >= 11 is 0. The van der Waals surface area contributed by atoms with Gasteiger partial charge in [0.1, 0.15) is 30.5 Å². The number of carboxylic acid groups (broad SMARTS) is 1. The predicted octanol–water partition coefficient (Wildman–Crippen LogP) is -0.169. The third-order valence-electron chi connectivity index (χ3n) is 6.71. The van der Waals surface area contributed by atoms with E-state index in [2.05, 4.69) is 6.58 Å². The van der Waals surface area contributed by atoms with Crippen LogP contribution in [0.25, 0.3) is 5.57 Å². The molecule has 37 heavy (non-hydrogen) atoms. The van der Waals surface area contributed by atoms with Gasteiger partial charge in [0.2, 0.25) is 12.0 Å². The van der Waals surface area contributed by atoms with Crippen molar-refractivity contribution in [3.8, 4) is 0 Å². The summed E-state index contributed by atoms with van der Waals surface area (Å²) in [6.07, 6.45) is -7.34. The molecule has 0 aromatic heterocycles. The second kappa shape index (κ2) is 11.0. The van der Waals surface area contributed by atoms with Gasteiger partial charge in [-0.05, 0) is 12.0 Å². The lowest BCUT2D eigenvalue weighted by Gasteiger charge is -2.44. The second-order valence-corrected chi connectivity index (χ2v) is 8.89. The maximum absolute atomic E-state index is 12.9. The van der Waals surface area contributed by atoms with E-state index in [0.717, 1.165) is 6.26 Å². The Morgan fingerprint density at radius 2 is 1.78 bits per heavy atom. The molecule has 0 saturated carbocycles. The van der Waals surface area contributed by atoms with Gasteiger partial charge >= 0.3 is 11.9 Å². The van der Waals surface area contributed by atoms with E-state index in [4.69, 9.17) is 18.9 Å². The third-order valence-corrected chi connectivity index (χ3v) is 6.71. The maximum atomic E-state index is 12.9. The highest BCUT2D eigenvalue weighted by Crippen LogP contribution is 2.43. The summed E-state index contributed by atoms with van der Waals surface area (Å²) in [5.74, 6) is -4.74. The van der Waals surface area contributed by atoms with E-state index in [1.807, 2.05) is 0 Å². The molecule has 0 aliphatic carbocycles. The van der Waals surface area contributed by atoms with Crippen molar-refractivity contribution in [2.45, 2.75) is 49.5 Å². The second-order valence-electron chi connectivity index (χ2n) is 8.89. The van der Waals surface area contributed by atoms with Crippen molar-refractivity contribution in [3.63, 3.8) is 0 Å². The SMILES string of the molecule is C=C[C@H]1[C@H](O[C@@H]2O[C@H](CO)[C@@H](O)[C@H](O)[C@H]2O)OC=C2C(=O)O[C@H](/C(=C(/O)C(=O)O)c3ccccc3)C[C@H]21. The summed E-state index contributed by atoms with van der Waals surface area (Å²) < 4.78 is 22.2. The van der Waals surface area contributed by atoms with Gasteiger partial charge in [0.05, 0.1) is 18.4 Å². The number of carbonyl (C=O) groups excluding carboxylic acids is 1. The van der Waals surface area contributed by atoms with Crippen LogP contribution in [0.1, 0.15) is 12.0 Å². The molecule has 12 nitrogen and oxygen atoms in total. The highest BCUT2D eigenvalue weighted by Gasteiger charge is 2.49. The summed E-state index contributed by atoms with van der Waals surface area (Å²) in [5, 5.41) is 59.7. The zero-order valence-electron chi connectivity index (χ0n) is 19.5. The average molecular weight is 520 g/mol. The Hall–Kier alpha value is -3.26. The van der Waals surface area contributed by atoms with Crippen LogP contribution in [-0.2, 0) is 28.5 Å². The standard InChI is InChI=1S/C25H28O12/c1-2-12-13-8-15(17(19(28)22(31)32)11-6-4-3-5-7-11)35-23(33)14(13)10-34-24(12)37-25-21(30)20(29)18(27)16(9-26)36-25/h2-7,10,12-13,15-16,18,20-21,24-30H,1,8-9H2,(H,31,32)/b19-17+/t12-,13+,15+,16-,18-,20+,21-,24+,25+/m1/s1. The Bertz CT molecular complexity index is 1080. The van der Waals surface area contributed by atoms with Crippen LogP contribution < -0.4 is 0 Å². The van der Waals surface area contributed by atoms with Gasteiger partial charge in [0.25, 0.3) is 0 Å². The van der Waals surface area contributed by atoms with Gasteiger partial charge in [-0.1, -0.05) is 36.4 Å². The molecule has 1 aromatic rings. The molecule has 4 rings (SSSR count). The van der Waals surface area contributed by atoms with Crippen LogP contribution in [0.15, 0.2) is 60.6 Å². The lowest BCUT2D eigenvalue weighted by Crippen LogP contribution is -2.60. The van der Waals surface area contributed by atoms with Crippen LogP contribution in [-0.4, -0.2) is 92.3 Å². The fraction of sp³-hybridized carbons (Fsp3) is 0.440. The number of hydrogen-bond donors (Lipinski definition) is 6. The number of benzene rings is 1. The van der Waals surface area contributed by atoms with Crippen molar-refractivity contribution in [2.24, 2.45) is 11.8 Å². The van der Waals surface area contributed by atoms with Crippen LogP contribution in [0, 0.1) is 11.8 Å². The van der Waals surface area contributed by atoms with Gasteiger partial charge in [-0.15, -0.1) is 6.58 Å². The summed E-state index contributed by atoms with van der Waals surface area (Å²) in [5.41, 5.74) is 0.405. The van der Waals surface area contributed by atoms with Crippen molar-refractivity contribution in [1.82, 2.24) is 0 Å². The molecule has 200 valence electrons. The van der Waals surface area contributed by atoms with Gasteiger partial charge in [-0.25, -0.2) is 9.59 Å². The van der Waals surface area contributed by atoms with Gasteiger partial charge in [0, 0.05) is 17.4 Å². The van der Waals surface area contributed by atoms with E-state index in [0.29, 0.717) is 5.56 Å². The highest BCUT2D eigenvalue weighted by molar-refractivity contribution is 5.97. The number of ether oxygens (including phenoxy) is 4. The number of cyclic esters (lactones) is 1. The Morgan fingerprint density at radius 3 is 2.41 bits per heavy atom. The summed E-state index contributed by atoms with van der Waals surface area (Å²) in [6.45, 7) is 3.14. The number of aliphatic carboxylic acids is 1. The van der Waals surface area contributed by atoms with E-state index < -0.39 is 79.2 Å². The molecule has 3 aliphatic heterocycles. The summed E-state index contributed by atoms with van der Waals surface area (Å²) in [7, 11) is 0. The fourth-order valence-corrected chi connectivity index (χ4v) is 4.77.